The van der Waals surface area contributed by atoms with E-state index in [9.17, 15) is 9.59 Å². The van der Waals surface area contributed by atoms with Crippen LogP contribution in [0.1, 0.15) is 35.2 Å². The lowest BCUT2D eigenvalue weighted by Gasteiger charge is -2.41. The lowest BCUT2D eigenvalue weighted by Crippen LogP contribution is -2.54. The van der Waals surface area contributed by atoms with Gasteiger partial charge in [-0.2, -0.15) is 0 Å². The first-order valence-corrected chi connectivity index (χ1v) is 16.4. The molecule has 8 heteroatoms. The van der Waals surface area contributed by atoms with E-state index < -0.39 is 4.87 Å². The fourth-order valence-corrected chi connectivity index (χ4v) is 8.55. The lowest BCUT2D eigenvalue weighted by atomic mass is 9.96. The third-order valence-electron chi connectivity index (χ3n) is 9.08. The van der Waals surface area contributed by atoms with Crippen molar-refractivity contribution < 1.29 is 9.59 Å². The molecule has 44 heavy (non-hydrogen) atoms. The number of carbonyl (C=O) groups excluding carboxylic acids is 2. The van der Waals surface area contributed by atoms with Crippen molar-refractivity contribution in [3.05, 3.63) is 130 Å². The molecular weight excluding hydrogens is 588 g/mol. The summed E-state index contributed by atoms with van der Waals surface area (Å²) in [6.45, 7) is 7.70. The second-order valence-corrected chi connectivity index (χ2v) is 13.7. The fraction of sp³-hybridized carbons (Fsp3) is 0.278. The summed E-state index contributed by atoms with van der Waals surface area (Å²) < 4.78 is 0. The summed E-state index contributed by atoms with van der Waals surface area (Å²) in [7, 11) is 0. The number of fused-ring (bicyclic) bond motifs is 2. The van der Waals surface area contributed by atoms with Crippen LogP contribution in [0.25, 0.3) is 0 Å². The molecule has 2 amide bonds. The molecule has 4 aromatic rings. The van der Waals surface area contributed by atoms with Crippen molar-refractivity contribution in [2.45, 2.75) is 30.0 Å². The summed E-state index contributed by atoms with van der Waals surface area (Å²) in [6.07, 6.45) is 0. The Labute approximate surface area is 268 Å². The number of piperazine rings is 1. The minimum atomic E-state index is -1.17. The molecule has 2 atom stereocenters. The number of hydrogen-bond acceptors (Lipinski definition) is 5. The normalized spacial score (nSPS) is 22.4. The summed E-state index contributed by atoms with van der Waals surface area (Å²) in [5.41, 5.74) is 5.86. The Morgan fingerprint density at radius 2 is 1.45 bits per heavy atom. The maximum atomic E-state index is 14.7. The number of halogens is 1. The SMILES string of the molecule is Cc1ccc(N2C(=O)[C@@H](C)S[C@@]23C(=O)N(CN2CCN(C(c4ccccc4)c4ccccc4)CC2)c2ccccc23)cc1Cl. The number of aryl methyl sites for hydroxylation is 1. The maximum Gasteiger partial charge on any atom is 0.269 e. The summed E-state index contributed by atoms with van der Waals surface area (Å²) in [6, 6.07) is 35.1. The highest BCUT2D eigenvalue weighted by molar-refractivity contribution is 8.03. The number of carbonyl (C=O) groups is 2. The summed E-state index contributed by atoms with van der Waals surface area (Å²) in [4.78, 5) is 35.7. The second-order valence-electron chi connectivity index (χ2n) is 11.8. The molecule has 3 heterocycles. The van der Waals surface area contributed by atoms with Crippen LogP contribution in [0.4, 0.5) is 11.4 Å². The van der Waals surface area contributed by atoms with Crippen molar-refractivity contribution >= 4 is 46.6 Å². The summed E-state index contributed by atoms with van der Waals surface area (Å²) >= 11 is 7.95. The third kappa shape index (κ3) is 4.83. The van der Waals surface area contributed by atoms with Gasteiger partial charge in [0.1, 0.15) is 0 Å². The molecule has 1 spiro atoms. The van der Waals surface area contributed by atoms with Crippen LogP contribution >= 0.6 is 23.4 Å². The Morgan fingerprint density at radius 1 is 0.841 bits per heavy atom. The van der Waals surface area contributed by atoms with Crippen LogP contribution in [-0.2, 0) is 14.5 Å². The van der Waals surface area contributed by atoms with E-state index in [4.69, 9.17) is 11.6 Å². The quantitative estimate of drug-likeness (QED) is 0.240. The number of nitrogens with zero attached hydrogens (tertiary/aromatic N) is 4. The Balaban J connectivity index is 1.16. The van der Waals surface area contributed by atoms with Crippen molar-refractivity contribution in [1.82, 2.24) is 9.80 Å². The summed E-state index contributed by atoms with van der Waals surface area (Å²) in [5, 5.41) is 0.205. The van der Waals surface area contributed by atoms with Gasteiger partial charge in [0.2, 0.25) is 10.8 Å². The highest BCUT2D eigenvalue weighted by Gasteiger charge is 2.63. The molecule has 4 aromatic carbocycles. The summed E-state index contributed by atoms with van der Waals surface area (Å²) in [5.74, 6) is -0.159. The molecule has 7 rings (SSSR count). The zero-order valence-electron chi connectivity index (χ0n) is 24.9. The topological polar surface area (TPSA) is 47.1 Å². The van der Waals surface area contributed by atoms with Gasteiger partial charge in [-0.1, -0.05) is 96.5 Å². The van der Waals surface area contributed by atoms with Crippen LogP contribution in [0.15, 0.2) is 103 Å². The Hall–Kier alpha value is -3.62. The largest absolute Gasteiger partial charge is 0.295 e. The monoisotopic (exact) mass is 622 g/mol. The van der Waals surface area contributed by atoms with Crippen LogP contribution in [0.2, 0.25) is 5.02 Å². The predicted molar refractivity (Wildman–Crippen MR) is 179 cm³/mol. The Bertz CT molecular complexity index is 1660. The smallest absolute Gasteiger partial charge is 0.269 e. The van der Waals surface area contributed by atoms with Gasteiger partial charge in [0.25, 0.3) is 5.91 Å². The number of anilines is 2. The van der Waals surface area contributed by atoms with Gasteiger partial charge in [0, 0.05) is 42.5 Å². The number of hydrogen-bond donors (Lipinski definition) is 0. The molecule has 3 aliphatic rings. The van der Waals surface area contributed by atoms with Gasteiger partial charge in [-0.15, -0.1) is 11.8 Å². The van der Waals surface area contributed by atoms with Gasteiger partial charge >= 0.3 is 0 Å². The van der Waals surface area contributed by atoms with Gasteiger partial charge < -0.3 is 0 Å². The molecule has 2 saturated heterocycles. The molecule has 0 saturated carbocycles. The van der Waals surface area contributed by atoms with Crippen molar-refractivity contribution in [3.63, 3.8) is 0 Å². The highest BCUT2D eigenvalue weighted by atomic mass is 35.5. The number of benzene rings is 4. The third-order valence-corrected chi connectivity index (χ3v) is 11.0. The first-order chi connectivity index (χ1) is 21.4. The second kappa shape index (κ2) is 11.7. The van der Waals surface area contributed by atoms with Gasteiger partial charge in [-0.05, 0) is 48.7 Å². The molecule has 0 radical (unpaired) electrons. The van der Waals surface area contributed by atoms with Gasteiger partial charge in [-0.3, -0.25) is 29.2 Å². The zero-order chi connectivity index (χ0) is 30.4. The number of amides is 2. The minimum absolute atomic E-state index is 0.0769. The average Bonchev–Trinajstić information content (AvgIpc) is 3.45. The molecule has 0 N–H and O–H groups in total. The molecule has 3 aliphatic heterocycles. The van der Waals surface area contributed by atoms with E-state index in [1.807, 2.05) is 61.2 Å². The van der Waals surface area contributed by atoms with Gasteiger partial charge in [-0.25, -0.2) is 0 Å². The minimum Gasteiger partial charge on any atom is -0.295 e. The zero-order valence-corrected chi connectivity index (χ0v) is 26.5. The average molecular weight is 623 g/mol. The molecule has 2 fully saturated rings. The van der Waals surface area contributed by atoms with Crippen LogP contribution < -0.4 is 9.80 Å². The molecule has 224 valence electrons. The molecule has 6 nitrogen and oxygen atoms in total. The van der Waals surface area contributed by atoms with Crippen molar-refractivity contribution in [3.8, 4) is 0 Å². The van der Waals surface area contributed by atoms with Crippen molar-refractivity contribution in [2.75, 3.05) is 42.6 Å². The number of rotatable bonds is 6. The Morgan fingerprint density at radius 3 is 2.09 bits per heavy atom. The fourth-order valence-electron chi connectivity index (χ4n) is 6.85. The maximum absolute atomic E-state index is 14.7. The lowest BCUT2D eigenvalue weighted by molar-refractivity contribution is -0.124. The van der Waals surface area contributed by atoms with Gasteiger partial charge in [0.15, 0.2) is 0 Å². The van der Waals surface area contributed by atoms with Crippen LogP contribution in [0.5, 0.6) is 0 Å². The first kappa shape index (κ1) is 29.1. The van der Waals surface area contributed by atoms with Crippen molar-refractivity contribution in [1.29, 1.82) is 0 Å². The van der Waals surface area contributed by atoms with E-state index in [0.717, 1.165) is 43.0 Å². The Kier molecular flexibility index (Phi) is 7.75. The first-order valence-electron chi connectivity index (χ1n) is 15.1. The molecule has 0 unspecified atom stereocenters. The predicted octanol–water partition coefficient (Wildman–Crippen LogP) is 6.68. The molecule has 0 aliphatic carbocycles. The highest BCUT2D eigenvalue weighted by Crippen LogP contribution is 2.58. The van der Waals surface area contributed by atoms with Crippen LogP contribution in [0.3, 0.4) is 0 Å². The van der Waals surface area contributed by atoms with E-state index in [-0.39, 0.29) is 23.1 Å². The van der Waals surface area contributed by atoms with Crippen LogP contribution in [-0.4, -0.2) is 59.7 Å². The van der Waals surface area contributed by atoms with Crippen LogP contribution in [0, 0.1) is 6.92 Å². The number of para-hydroxylation sites is 1. The standard InChI is InChI=1S/C36H35ClN4O2S/c1-25-17-18-29(23-31(25)37)41-34(42)26(2)44-36(41)30-15-9-10-16-32(30)40(35(36)43)24-38-19-21-39(22-20-38)33(27-11-5-3-6-12-27)28-13-7-4-8-14-28/h3-18,23,26,33H,19-22,24H2,1-2H3/t26-,36+/m1/s1. The van der Waals surface area contributed by atoms with E-state index in [2.05, 4.69) is 70.5 Å². The van der Waals surface area contributed by atoms with E-state index in [0.29, 0.717) is 17.4 Å². The van der Waals surface area contributed by atoms with E-state index in [1.54, 1.807) is 4.90 Å². The molecule has 0 bridgehead atoms. The van der Waals surface area contributed by atoms with Crippen molar-refractivity contribution in [2.24, 2.45) is 0 Å². The van der Waals surface area contributed by atoms with E-state index in [1.165, 1.54) is 22.9 Å². The molecule has 0 aromatic heterocycles. The number of thioether (sulfide) groups is 1. The van der Waals surface area contributed by atoms with Gasteiger partial charge in [0.05, 0.1) is 23.6 Å². The molecular formula is C36H35ClN4O2S. The van der Waals surface area contributed by atoms with E-state index >= 15 is 0 Å².